The van der Waals surface area contributed by atoms with Gasteiger partial charge in [0.1, 0.15) is 6.10 Å². The molecule has 1 rings (SSSR count). The summed E-state index contributed by atoms with van der Waals surface area (Å²) < 4.78 is 29.3. The third kappa shape index (κ3) is 4.62. The highest BCUT2D eigenvalue weighted by molar-refractivity contribution is 5.32. The number of hydrogen-bond acceptors (Lipinski definition) is 7. The molecule has 1 atom stereocenters. The first kappa shape index (κ1) is 14.3. The summed E-state index contributed by atoms with van der Waals surface area (Å²) in [6.07, 6.45) is -4.81. The third-order valence-electron chi connectivity index (χ3n) is 1.73. The summed E-state index contributed by atoms with van der Waals surface area (Å²) in [5, 5.41) is 11.4. The van der Waals surface area contributed by atoms with Crippen molar-refractivity contribution < 1.29 is 18.6 Å². The molecule has 0 aliphatic carbocycles. The molecule has 0 aliphatic heterocycles. The zero-order valence-corrected chi connectivity index (χ0v) is 9.97. The van der Waals surface area contributed by atoms with Gasteiger partial charge >= 0.3 is 6.01 Å². The Labute approximate surface area is 102 Å². The second-order valence-electron chi connectivity index (χ2n) is 3.75. The SMILES string of the molecule is CC(C)Oc1nc(N)nc(NCC(O)C(F)F)n1. The lowest BCUT2D eigenvalue weighted by Gasteiger charge is -2.12. The van der Waals surface area contributed by atoms with E-state index in [2.05, 4.69) is 20.3 Å². The van der Waals surface area contributed by atoms with E-state index in [-0.39, 0.29) is 24.0 Å². The number of rotatable bonds is 6. The third-order valence-corrected chi connectivity index (χ3v) is 1.73. The number of alkyl halides is 2. The Bertz CT molecular complexity index is 391. The molecule has 18 heavy (non-hydrogen) atoms. The van der Waals surface area contributed by atoms with Gasteiger partial charge < -0.3 is 20.9 Å². The van der Waals surface area contributed by atoms with Crippen molar-refractivity contribution in [3.05, 3.63) is 0 Å². The molecule has 4 N–H and O–H groups in total. The molecule has 0 bridgehead atoms. The molecule has 1 unspecified atom stereocenters. The number of aliphatic hydroxyl groups is 1. The van der Waals surface area contributed by atoms with Crippen molar-refractivity contribution in [2.24, 2.45) is 0 Å². The van der Waals surface area contributed by atoms with E-state index in [0.29, 0.717) is 0 Å². The molecule has 7 nitrogen and oxygen atoms in total. The van der Waals surface area contributed by atoms with E-state index in [4.69, 9.17) is 15.6 Å². The predicted octanol–water partition coefficient (Wildman–Crippen LogP) is 0.279. The largest absolute Gasteiger partial charge is 0.461 e. The average molecular weight is 263 g/mol. The van der Waals surface area contributed by atoms with E-state index >= 15 is 0 Å². The number of nitrogens with two attached hydrogens (primary N) is 1. The van der Waals surface area contributed by atoms with Crippen molar-refractivity contribution in [1.82, 2.24) is 15.0 Å². The first-order valence-electron chi connectivity index (χ1n) is 5.26. The molecule has 0 aromatic carbocycles. The summed E-state index contributed by atoms with van der Waals surface area (Å²) in [5.41, 5.74) is 5.41. The van der Waals surface area contributed by atoms with Crippen LogP contribution in [0.15, 0.2) is 0 Å². The Morgan fingerprint density at radius 2 is 2.00 bits per heavy atom. The van der Waals surface area contributed by atoms with Crippen LogP contribution in [0.2, 0.25) is 0 Å². The topological polar surface area (TPSA) is 106 Å². The lowest BCUT2D eigenvalue weighted by Crippen LogP contribution is -2.27. The van der Waals surface area contributed by atoms with Crippen LogP contribution in [0.1, 0.15) is 13.8 Å². The predicted molar refractivity (Wildman–Crippen MR) is 60.5 cm³/mol. The Morgan fingerprint density at radius 3 is 2.56 bits per heavy atom. The number of nitrogen functional groups attached to an aromatic ring is 1. The van der Waals surface area contributed by atoms with E-state index in [1.807, 2.05) is 0 Å². The quantitative estimate of drug-likeness (QED) is 0.676. The summed E-state index contributed by atoms with van der Waals surface area (Å²) in [7, 11) is 0. The fraction of sp³-hybridized carbons (Fsp3) is 0.667. The number of anilines is 2. The van der Waals surface area contributed by atoms with E-state index in [1.54, 1.807) is 13.8 Å². The molecule has 102 valence electrons. The van der Waals surface area contributed by atoms with Crippen molar-refractivity contribution in [3.63, 3.8) is 0 Å². The van der Waals surface area contributed by atoms with Gasteiger partial charge in [-0.2, -0.15) is 15.0 Å². The number of aromatic nitrogens is 3. The maximum atomic E-state index is 12.1. The normalized spacial score (nSPS) is 12.8. The Balaban J connectivity index is 2.68. The van der Waals surface area contributed by atoms with Crippen molar-refractivity contribution in [1.29, 1.82) is 0 Å². The molecule has 0 aliphatic rings. The van der Waals surface area contributed by atoms with E-state index < -0.39 is 19.1 Å². The zero-order chi connectivity index (χ0) is 13.7. The maximum Gasteiger partial charge on any atom is 0.323 e. The molecule has 9 heteroatoms. The first-order valence-corrected chi connectivity index (χ1v) is 5.26. The van der Waals surface area contributed by atoms with Crippen LogP contribution in [0, 0.1) is 0 Å². The van der Waals surface area contributed by atoms with Crippen molar-refractivity contribution in [2.45, 2.75) is 32.5 Å². The van der Waals surface area contributed by atoms with Crippen molar-refractivity contribution in [3.8, 4) is 6.01 Å². The van der Waals surface area contributed by atoms with Gasteiger partial charge in [-0.05, 0) is 13.8 Å². The van der Waals surface area contributed by atoms with Gasteiger partial charge in [-0.15, -0.1) is 0 Å². The summed E-state index contributed by atoms with van der Waals surface area (Å²) in [5.74, 6) is -0.132. The highest BCUT2D eigenvalue weighted by atomic mass is 19.3. The number of nitrogens with zero attached hydrogens (tertiary/aromatic N) is 3. The van der Waals surface area contributed by atoms with Gasteiger partial charge in [0.05, 0.1) is 6.10 Å². The maximum absolute atomic E-state index is 12.1. The molecule has 0 saturated carbocycles. The summed E-state index contributed by atoms with van der Waals surface area (Å²) >= 11 is 0. The summed E-state index contributed by atoms with van der Waals surface area (Å²) in [6, 6.07) is -0.00784. The molecule has 0 fully saturated rings. The van der Waals surface area contributed by atoms with Crippen LogP contribution in [0.25, 0.3) is 0 Å². The zero-order valence-electron chi connectivity index (χ0n) is 9.97. The number of aliphatic hydroxyl groups excluding tert-OH is 1. The number of hydrogen-bond donors (Lipinski definition) is 3. The van der Waals surface area contributed by atoms with E-state index in [9.17, 15) is 8.78 Å². The first-order chi connectivity index (χ1) is 8.38. The minimum atomic E-state index is -2.84. The molecule has 1 aromatic heterocycles. The highest BCUT2D eigenvalue weighted by Gasteiger charge is 2.17. The minimum absolute atomic E-state index is 0.00784. The van der Waals surface area contributed by atoms with Crippen LogP contribution in [0.5, 0.6) is 6.01 Å². The summed E-state index contributed by atoms with van der Waals surface area (Å²) in [4.78, 5) is 11.2. The lowest BCUT2D eigenvalue weighted by atomic mass is 10.4. The highest BCUT2D eigenvalue weighted by Crippen LogP contribution is 2.11. The van der Waals surface area contributed by atoms with Crippen LogP contribution in [-0.4, -0.2) is 45.2 Å². The van der Waals surface area contributed by atoms with Gasteiger partial charge in [-0.1, -0.05) is 0 Å². The van der Waals surface area contributed by atoms with Gasteiger partial charge in [-0.3, -0.25) is 0 Å². The fourth-order valence-corrected chi connectivity index (χ4v) is 1.000. The van der Waals surface area contributed by atoms with Gasteiger partial charge in [0.2, 0.25) is 11.9 Å². The Hall–Kier alpha value is -1.77. The molecule has 0 spiro atoms. The average Bonchev–Trinajstić information content (AvgIpc) is 2.23. The monoisotopic (exact) mass is 263 g/mol. The second-order valence-corrected chi connectivity index (χ2v) is 3.75. The van der Waals surface area contributed by atoms with Crippen LogP contribution >= 0.6 is 0 Å². The van der Waals surface area contributed by atoms with Crippen LogP contribution in [0.3, 0.4) is 0 Å². The second kappa shape index (κ2) is 6.24. The molecule has 0 amide bonds. The van der Waals surface area contributed by atoms with Gasteiger partial charge in [0.15, 0.2) is 0 Å². The number of halogens is 2. The molecule has 1 aromatic rings. The molecule has 0 saturated heterocycles. The standard InChI is InChI=1S/C9H15F2N5O2/c1-4(2)18-9-15-7(12)14-8(16-9)13-3-5(17)6(10)11/h4-6,17H,3H2,1-2H3,(H3,12,13,14,15,16). The van der Waals surface area contributed by atoms with E-state index in [0.717, 1.165) is 0 Å². The smallest absolute Gasteiger partial charge is 0.323 e. The number of ether oxygens (including phenoxy) is 1. The van der Waals surface area contributed by atoms with Crippen LogP contribution in [0.4, 0.5) is 20.7 Å². The van der Waals surface area contributed by atoms with Crippen LogP contribution < -0.4 is 15.8 Å². The summed E-state index contributed by atoms with van der Waals surface area (Å²) in [6.45, 7) is 3.14. The lowest BCUT2D eigenvalue weighted by molar-refractivity contribution is 0.00376. The number of nitrogens with one attached hydrogen (secondary N) is 1. The van der Waals surface area contributed by atoms with Crippen molar-refractivity contribution in [2.75, 3.05) is 17.6 Å². The van der Waals surface area contributed by atoms with E-state index in [1.165, 1.54) is 0 Å². The molecular formula is C9H15F2N5O2. The molecular weight excluding hydrogens is 248 g/mol. The minimum Gasteiger partial charge on any atom is -0.461 e. The molecule has 1 heterocycles. The molecule has 0 radical (unpaired) electrons. The van der Waals surface area contributed by atoms with Gasteiger partial charge in [0, 0.05) is 6.54 Å². The Kier molecular flexibility index (Phi) is 4.95. The van der Waals surface area contributed by atoms with Crippen molar-refractivity contribution >= 4 is 11.9 Å². The van der Waals surface area contributed by atoms with Crippen LogP contribution in [-0.2, 0) is 0 Å². The van der Waals surface area contributed by atoms with Gasteiger partial charge in [0.25, 0.3) is 6.43 Å². The fourth-order valence-electron chi connectivity index (χ4n) is 1.000. The Morgan fingerprint density at radius 1 is 1.33 bits per heavy atom. The van der Waals surface area contributed by atoms with Gasteiger partial charge in [-0.25, -0.2) is 8.78 Å².